The monoisotopic (exact) mass is 444 g/mol. The Morgan fingerprint density at radius 1 is 0.931 bits per heavy atom. The average molecular weight is 445 g/mol. The summed E-state index contributed by atoms with van der Waals surface area (Å²) in [6, 6.07) is 14.3. The number of carbonyl (C=O) groups excluding carboxylic acids is 1. The van der Waals surface area contributed by atoms with E-state index in [2.05, 4.69) is 0 Å². The second kappa shape index (κ2) is 8.76. The topological polar surface area (TPSA) is 57.7 Å². The molecular formula is C19H19F3N2O3S2. The molecular weight excluding hydrogens is 425 g/mol. The molecule has 5 nitrogen and oxygen atoms in total. The van der Waals surface area contributed by atoms with Gasteiger partial charge in [-0.1, -0.05) is 42.5 Å². The van der Waals surface area contributed by atoms with Crippen LogP contribution in [0.25, 0.3) is 0 Å². The molecule has 1 amide bonds. The van der Waals surface area contributed by atoms with Crippen LogP contribution in [0.15, 0.2) is 59.5 Å². The number of hydrogen-bond donors (Lipinski definition) is 0. The minimum Gasteiger partial charge on any atom is -0.336 e. The summed E-state index contributed by atoms with van der Waals surface area (Å²) in [5.74, 6) is -0.662. The van der Waals surface area contributed by atoms with Crippen molar-refractivity contribution in [2.75, 3.05) is 26.2 Å². The second-order valence-corrected chi connectivity index (χ2v) is 9.55. The van der Waals surface area contributed by atoms with E-state index in [1.54, 1.807) is 30.3 Å². The molecule has 10 heteroatoms. The zero-order valence-electron chi connectivity index (χ0n) is 15.3. The molecule has 1 aliphatic heterocycles. The van der Waals surface area contributed by atoms with Gasteiger partial charge in [-0.25, -0.2) is 8.42 Å². The van der Waals surface area contributed by atoms with E-state index >= 15 is 0 Å². The van der Waals surface area contributed by atoms with Crippen molar-refractivity contribution in [1.82, 2.24) is 9.21 Å². The molecule has 2 aromatic carbocycles. The number of amides is 1. The van der Waals surface area contributed by atoms with Crippen molar-refractivity contribution in [2.45, 2.75) is 16.2 Å². The number of benzene rings is 2. The smallest absolute Gasteiger partial charge is 0.336 e. The first-order valence-corrected chi connectivity index (χ1v) is 11.2. The molecule has 3 rings (SSSR count). The highest BCUT2D eigenvalue weighted by molar-refractivity contribution is 8.00. The highest BCUT2D eigenvalue weighted by Crippen LogP contribution is 2.38. The predicted octanol–water partition coefficient (Wildman–Crippen LogP) is 3.59. The van der Waals surface area contributed by atoms with Gasteiger partial charge in [0.05, 0.1) is 11.3 Å². The molecule has 1 fully saturated rings. The Balaban J connectivity index is 1.66. The molecule has 1 heterocycles. The number of carbonyl (C=O) groups is 1. The Kier molecular flexibility index (Phi) is 6.55. The molecule has 1 aliphatic rings. The van der Waals surface area contributed by atoms with Crippen LogP contribution in [-0.2, 0) is 15.8 Å². The van der Waals surface area contributed by atoms with Crippen molar-refractivity contribution >= 4 is 27.7 Å². The van der Waals surface area contributed by atoms with Crippen LogP contribution in [0.2, 0.25) is 0 Å². The summed E-state index contributed by atoms with van der Waals surface area (Å²) in [7, 11) is -3.54. The highest BCUT2D eigenvalue weighted by atomic mass is 32.2. The van der Waals surface area contributed by atoms with Crippen LogP contribution in [0.5, 0.6) is 0 Å². The van der Waals surface area contributed by atoms with Crippen molar-refractivity contribution in [3.8, 4) is 0 Å². The number of piperazine rings is 1. The number of alkyl halides is 3. The van der Waals surface area contributed by atoms with Gasteiger partial charge in [-0.05, 0) is 29.5 Å². The summed E-state index contributed by atoms with van der Waals surface area (Å²) in [5, 5.41) is 0. The summed E-state index contributed by atoms with van der Waals surface area (Å²) in [5.41, 5.74) is -3.86. The molecule has 0 atom stereocenters. The number of thioether (sulfide) groups is 1. The number of sulfonamides is 1. The Bertz CT molecular complexity index is 958. The second-order valence-electron chi connectivity index (χ2n) is 6.48. The maximum absolute atomic E-state index is 12.8. The lowest BCUT2D eigenvalue weighted by atomic mass is 10.2. The maximum atomic E-state index is 12.8. The Labute approximate surface area is 171 Å². The first kappa shape index (κ1) is 21.7. The molecule has 0 unspecified atom stereocenters. The van der Waals surface area contributed by atoms with Crippen molar-refractivity contribution in [3.63, 3.8) is 0 Å². The van der Waals surface area contributed by atoms with E-state index in [0.29, 0.717) is 5.56 Å². The first-order chi connectivity index (χ1) is 13.7. The number of hydrogen-bond acceptors (Lipinski definition) is 4. The number of nitrogens with zero attached hydrogens (tertiary/aromatic N) is 2. The lowest BCUT2D eigenvalue weighted by molar-refractivity contribution is -0.0328. The molecule has 1 saturated heterocycles. The summed E-state index contributed by atoms with van der Waals surface area (Å²) >= 11 is -0.328. The van der Waals surface area contributed by atoms with Gasteiger partial charge >= 0.3 is 5.51 Å². The molecule has 2 aromatic rings. The van der Waals surface area contributed by atoms with E-state index < -0.39 is 21.4 Å². The van der Waals surface area contributed by atoms with Crippen LogP contribution < -0.4 is 0 Å². The van der Waals surface area contributed by atoms with Gasteiger partial charge < -0.3 is 4.90 Å². The minimum atomic E-state index is -4.50. The number of halogens is 3. The highest BCUT2D eigenvalue weighted by Gasteiger charge is 2.33. The molecule has 0 aromatic heterocycles. The fourth-order valence-corrected chi connectivity index (χ4v) is 5.25. The van der Waals surface area contributed by atoms with Crippen LogP contribution in [0.4, 0.5) is 13.2 Å². The van der Waals surface area contributed by atoms with Crippen LogP contribution >= 0.6 is 11.8 Å². The quantitative estimate of drug-likeness (QED) is 0.662. The van der Waals surface area contributed by atoms with Gasteiger partial charge in [-0.2, -0.15) is 17.5 Å². The Morgan fingerprint density at radius 2 is 1.52 bits per heavy atom. The Morgan fingerprint density at radius 3 is 2.14 bits per heavy atom. The molecule has 0 bridgehead atoms. The molecule has 0 saturated carbocycles. The Hall–Kier alpha value is -2.04. The molecule has 0 aliphatic carbocycles. The van der Waals surface area contributed by atoms with Crippen molar-refractivity contribution in [1.29, 1.82) is 0 Å². The average Bonchev–Trinajstić information content (AvgIpc) is 2.67. The molecule has 156 valence electrons. The fourth-order valence-electron chi connectivity index (χ4n) is 3.07. The van der Waals surface area contributed by atoms with Crippen molar-refractivity contribution in [3.05, 3.63) is 65.7 Å². The first-order valence-electron chi connectivity index (χ1n) is 8.81. The lowest BCUT2D eigenvalue weighted by Crippen LogP contribution is -2.50. The van der Waals surface area contributed by atoms with Gasteiger partial charge in [-0.3, -0.25) is 4.79 Å². The largest absolute Gasteiger partial charge is 0.446 e. The molecule has 0 radical (unpaired) electrons. The number of rotatable bonds is 5. The predicted molar refractivity (Wildman–Crippen MR) is 105 cm³/mol. The summed E-state index contributed by atoms with van der Waals surface area (Å²) in [6.45, 7) is 0.459. The van der Waals surface area contributed by atoms with Crippen molar-refractivity contribution in [2.24, 2.45) is 0 Å². The molecule has 0 N–H and O–H groups in total. The van der Waals surface area contributed by atoms with E-state index in [1.165, 1.54) is 33.5 Å². The van der Waals surface area contributed by atoms with Gasteiger partial charge in [0.1, 0.15) is 0 Å². The third-order valence-corrected chi connectivity index (χ3v) is 7.11. The van der Waals surface area contributed by atoms with Gasteiger partial charge in [0, 0.05) is 31.1 Å². The van der Waals surface area contributed by atoms with E-state index in [1.807, 2.05) is 0 Å². The molecule has 0 spiro atoms. The van der Waals surface area contributed by atoms with Crippen LogP contribution in [0.3, 0.4) is 0 Å². The van der Waals surface area contributed by atoms with Gasteiger partial charge in [0.25, 0.3) is 5.91 Å². The summed E-state index contributed by atoms with van der Waals surface area (Å²) < 4.78 is 64.8. The third kappa shape index (κ3) is 5.74. The van der Waals surface area contributed by atoms with Crippen LogP contribution in [-0.4, -0.2) is 55.2 Å². The van der Waals surface area contributed by atoms with Gasteiger partial charge in [0.15, 0.2) is 0 Å². The normalized spacial score (nSPS) is 16.0. The van der Waals surface area contributed by atoms with Crippen LogP contribution in [0.1, 0.15) is 15.9 Å². The zero-order valence-corrected chi connectivity index (χ0v) is 16.9. The minimum absolute atomic E-state index is 0.0320. The van der Waals surface area contributed by atoms with E-state index in [4.69, 9.17) is 0 Å². The fraction of sp³-hybridized carbons (Fsp3) is 0.316. The standard InChI is InChI=1S/C19H19F3N2O3S2/c20-19(21,22)28-17-9-5-4-8-16(17)18(25)23-10-12-24(13-11-23)29(26,27)14-15-6-2-1-3-7-15/h1-9H,10-14H2. The van der Waals surface area contributed by atoms with Gasteiger partial charge in [0.2, 0.25) is 10.0 Å². The maximum Gasteiger partial charge on any atom is 0.446 e. The SMILES string of the molecule is O=C(c1ccccc1SC(F)(F)F)N1CCN(S(=O)(=O)Cc2ccccc2)CC1. The van der Waals surface area contributed by atoms with Crippen LogP contribution in [0, 0.1) is 0 Å². The van der Waals surface area contributed by atoms with E-state index in [9.17, 15) is 26.4 Å². The van der Waals surface area contributed by atoms with E-state index in [0.717, 1.165) is 0 Å². The van der Waals surface area contributed by atoms with E-state index in [-0.39, 0.29) is 54.2 Å². The molecule has 29 heavy (non-hydrogen) atoms. The third-order valence-electron chi connectivity index (χ3n) is 4.45. The van der Waals surface area contributed by atoms with Gasteiger partial charge in [-0.15, -0.1) is 0 Å². The lowest BCUT2D eigenvalue weighted by Gasteiger charge is -2.34. The zero-order chi connectivity index (χ0) is 21.1. The summed E-state index contributed by atoms with van der Waals surface area (Å²) in [4.78, 5) is 14.0. The van der Waals surface area contributed by atoms with Crippen molar-refractivity contribution < 1.29 is 26.4 Å². The summed E-state index contributed by atoms with van der Waals surface area (Å²) in [6.07, 6.45) is 0.